The highest BCUT2D eigenvalue weighted by molar-refractivity contribution is 5.81. The van der Waals surface area contributed by atoms with Crippen LogP contribution in [0.5, 0.6) is 0 Å². The molecule has 0 spiro atoms. The Labute approximate surface area is 86.9 Å². The zero-order valence-electron chi connectivity index (χ0n) is 8.59. The summed E-state index contributed by atoms with van der Waals surface area (Å²) in [6, 6.07) is 3.07. The van der Waals surface area contributed by atoms with Crippen LogP contribution in [0.4, 0.5) is 8.78 Å². The zero-order chi connectivity index (χ0) is 11.4. The maximum absolute atomic E-state index is 13.3. The van der Waals surface area contributed by atoms with Crippen molar-refractivity contribution in [2.45, 2.75) is 20.0 Å². The topological polar surface area (TPSA) is 26.3 Å². The molecule has 1 rings (SSSR count). The van der Waals surface area contributed by atoms with Crippen LogP contribution in [0.2, 0.25) is 0 Å². The lowest BCUT2D eigenvalue weighted by Gasteiger charge is -2.14. The van der Waals surface area contributed by atoms with Crippen LogP contribution < -0.4 is 0 Å². The number of ketones is 1. The van der Waals surface area contributed by atoms with Gasteiger partial charge in [0.2, 0.25) is 0 Å². The van der Waals surface area contributed by atoms with Gasteiger partial charge in [0.05, 0.1) is 0 Å². The number of hydrogen-bond donors (Lipinski definition) is 0. The van der Waals surface area contributed by atoms with E-state index in [2.05, 4.69) is 0 Å². The van der Waals surface area contributed by atoms with Gasteiger partial charge in [-0.3, -0.25) is 4.79 Å². The smallest absolute Gasteiger partial charge is 0.163 e. The van der Waals surface area contributed by atoms with Crippen molar-refractivity contribution in [3.05, 3.63) is 35.4 Å². The Morgan fingerprint density at radius 2 is 2.13 bits per heavy atom. The van der Waals surface area contributed by atoms with E-state index in [1.807, 2.05) is 0 Å². The number of carbonyl (C=O) groups is 1. The van der Waals surface area contributed by atoms with Crippen LogP contribution >= 0.6 is 0 Å². The fraction of sp³-hybridized carbons (Fsp3) is 0.364. The van der Waals surface area contributed by atoms with Crippen molar-refractivity contribution >= 4 is 5.78 Å². The van der Waals surface area contributed by atoms with Gasteiger partial charge in [0.25, 0.3) is 0 Å². The zero-order valence-corrected chi connectivity index (χ0v) is 8.59. The first-order chi connectivity index (χ1) is 7.06. The molecule has 0 aliphatic heterocycles. The van der Waals surface area contributed by atoms with Crippen molar-refractivity contribution in [3.63, 3.8) is 0 Å². The molecule has 0 N–H and O–H groups in total. The fourth-order valence-electron chi connectivity index (χ4n) is 1.31. The standard InChI is InChI=1S/C11H12F2O2/c1-3-15-11(7(2)14)9-5-4-8(12)6-10(9)13/h4-6,11H,3H2,1-2H3. The second kappa shape index (κ2) is 4.98. The van der Waals surface area contributed by atoms with E-state index in [4.69, 9.17) is 4.74 Å². The van der Waals surface area contributed by atoms with E-state index < -0.39 is 17.7 Å². The molecule has 0 fully saturated rings. The molecule has 0 aliphatic rings. The second-order valence-electron chi connectivity index (χ2n) is 3.11. The van der Waals surface area contributed by atoms with Crippen LogP contribution in [0, 0.1) is 11.6 Å². The summed E-state index contributed by atoms with van der Waals surface area (Å²) >= 11 is 0. The molecule has 0 saturated heterocycles. The van der Waals surface area contributed by atoms with Crippen LogP contribution in [-0.2, 0) is 9.53 Å². The molecular formula is C11H12F2O2. The highest BCUT2D eigenvalue weighted by Gasteiger charge is 2.20. The number of ether oxygens (including phenoxy) is 1. The SMILES string of the molecule is CCOC(C(C)=O)c1ccc(F)cc1F. The van der Waals surface area contributed by atoms with Gasteiger partial charge in [0, 0.05) is 18.2 Å². The van der Waals surface area contributed by atoms with E-state index >= 15 is 0 Å². The minimum atomic E-state index is -0.949. The van der Waals surface area contributed by atoms with Crippen LogP contribution in [0.15, 0.2) is 18.2 Å². The third-order valence-electron chi connectivity index (χ3n) is 1.95. The third-order valence-corrected chi connectivity index (χ3v) is 1.95. The molecule has 0 saturated carbocycles. The summed E-state index contributed by atoms with van der Waals surface area (Å²) in [5, 5.41) is 0. The van der Waals surface area contributed by atoms with Crippen molar-refractivity contribution in [2.75, 3.05) is 6.61 Å². The molecule has 0 aromatic heterocycles. The van der Waals surface area contributed by atoms with E-state index in [1.54, 1.807) is 6.92 Å². The van der Waals surface area contributed by atoms with Crippen molar-refractivity contribution in [1.82, 2.24) is 0 Å². The van der Waals surface area contributed by atoms with Crippen molar-refractivity contribution in [3.8, 4) is 0 Å². The largest absolute Gasteiger partial charge is 0.366 e. The maximum Gasteiger partial charge on any atom is 0.163 e. The van der Waals surface area contributed by atoms with E-state index in [0.29, 0.717) is 6.61 Å². The molecule has 15 heavy (non-hydrogen) atoms. The first-order valence-corrected chi connectivity index (χ1v) is 4.63. The maximum atomic E-state index is 13.3. The summed E-state index contributed by atoms with van der Waals surface area (Å²) in [7, 11) is 0. The Bertz CT molecular complexity index is 364. The Kier molecular flexibility index (Phi) is 3.91. The van der Waals surface area contributed by atoms with E-state index in [1.165, 1.54) is 13.0 Å². The fourth-order valence-corrected chi connectivity index (χ4v) is 1.31. The minimum absolute atomic E-state index is 0.0748. The quantitative estimate of drug-likeness (QED) is 0.770. The number of rotatable bonds is 4. The van der Waals surface area contributed by atoms with Gasteiger partial charge in [-0.05, 0) is 19.9 Å². The normalized spacial score (nSPS) is 12.5. The molecule has 1 atom stereocenters. The van der Waals surface area contributed by atoms with Crippen LogP contribution in [0.25, 0.3) is 0 Å². The first kappa shape index (κ1) is 11.8. The molecule has 1 unspecified atom stereocenters. The molecule has 0 radical (unpaired) electrons. The van der Waals surface area contributed by atoms with Gasteiger partial charge in [-0.1, -0.05) is 6.07 Å². The highest BCUT2D eigenvalue weighted by Crippen LogP contribution is 2.22. The molecule has 2 nitrogen and oxygen atoms in total. The third kappa shape index (κ3) is 2.83. The van der Waals surface area contributed by atoms with Gasteiger partial charge in [-0.25, -0.2) is 8.78 Å². The van der Waals surface area contributed by atoms with Gasteiger partial charge in [-0.15, -0.1) is 0 Å². The molecular weight excluding hydrogens is 202 g/mol. The van der Waals surface area contributed by atoms with Crippen LogP contribution in [0.1, 0.15) is 25.5 Å². The lowest BCUT2D eigenvalue weighted by molar-refractivity contribution is -0.128. The summed E-state index contributed by atoms with van der Waals surface area (Å²) in [5.41, 5.74) is 0.0748. The number of benzene rings is 1. The van der Waals surface area contributed by atoms with Gasteiger partial charge in [0.1, 0.15) is 17.7 Å². The summed E-state index contributed by atoms with van der Waals surface area (Å²) in [6.45, 7) is 3.31. The summed E-state index contributed by atoms with van der Waals surface area (Å²) in [6.07, 6.45) is -0.949. The van der Waals surface area contributed by atoms with E-state index in [9.17, 15) is 13.6 Å². The predicted octanol–water partition coefficient (Wildman–Crippen LogP) is 2.63. The lowest BCUT2D eigenvalue weighted by atomic mass is 10.1. The average Bonchev–Trinajstić information content (AvgIpc) is 2.15. The van der Waals surface area contributed by atoms with Crippen LogP contribution in [0.3, 0.4) is 0 Å². The van der Waals surface area contributed by atoms with Gasteiger partial charge in [-0.2, -0.15) is 0 Å². The van der Waals surface area contributed by atoms with Gasteiger partial charge >= 0.3 is 0 Å². The van der Waals surface area contributed by atoms with Gasteiger partial charge < -0.3 is 4.74 Å². The molecule has 0 aliphatic carbocycles. The molecule has 0 bridgehead atoms. The average molecular weight is 214 g/mol. The second-order valence-corrected chi connectivity index (χ2v) is 3.11. The Morgan fingerprint density at radius 1 is 1.47 bits per heavy atom. The van der Waals surface area contributed by atoms with E-state index in [-0.39, 0.29) is 11.3 Å². The molecule has 0 amide bonds. The molecule has 4 heteroatoms. The molecule has 0 heterocycles. The monoisotopic (exact) mass is 214 g/mol. The summed E-state index contributed by atoms with van der Waals surface area (Å²) in [4.78, 5) is 11.2. The molecule has 1 aromatic carbocycles. The molecule has 82 valence electrons. The van der Waals surface area contributed by atoms with Crippen LogP contribution in [-0.4, -0.2) is 12.4 Å². The van der Waals surface area contributed by atoms with E-state index in [0.717, 1.165) is 12.1 Å². The van der Waals surface area contributed by atoms with Crippen molar-refractivity contribution in [2.24, 2.45) is 0 Å². The Hall–Kier alpha value is -1.29. The summed E-state index contributed by atoms with van der Waals surface area (Å²) < 4.78 is 31.0. The Balaban J connectivity index is 3.05. The van der Waals surface area contributed by atoms with Gasteiger partial charge in [0.15, 0.2) is 5.78 Å². The highest BCUT2D eigenvalue weighted by atomic mass is 19.1. The number of halogens is 2. The van der Waals surface area contributed by atoms with Crippen molar-refractivity contribution in [1.29, 1.82) is 0 Å². The predicted molar refractivity (Wildman–Crippen MR) is 51.4 cm³/mol. The number of carbonyl (C=O) groups excluding carboxylic acids is 1. The Morgan fingerprint density at radius 3 is 2.60 bits per heavy atom. The molecule has 1 aromatic rings. The minimum Gasteiger partial charge on any atom is -0.366 e. The lowest BCUT2D eigenvalue weighted by Crippen LogP contribution is -2.14. The number of Topliss-reactive ketones (excluding diaryl/α,β-unsaturated/α-hetero) is 1. The summed E-state index contributed by atoms with van der Waals surface area (Å²) in [5.74, 6) is -1.74. The number of hydrogen-bond acceptors (Lipinski definition) is 2. The van der Waals surface area contributed by atoms with Crippen molar-refractivity contribution < 1.29 is 18.3 Å². The first-order valence-electron chi connectivity index (χ1n) is 4.63.